The Morgan fingerprint density at radius 2 is 1.52 bits per heavy atom. The fourth-order valence-electron chi connectivity index (χ4n) is 12.1. The molecule has 6 aliphatic rings. The van der Waals surface area contributed by atoms with Crippen molar-refractivity contribution in [2.24, 2.45) is 56.7 Å². The first-order chi connectivity index (χ1) is 18.6. The van der Waals surface area contributed by atoms with Gasteiger partial charge in [-0.1, -0.05) is 61.0 Å². The standard InChI is InChI=1S/C36H57NO3/c1-21(2)29-25(38)20-33(6)18-19-34(7)24(30(29)33)12-13-27-35(34,8)17-14-26-32(4,5)16-15-28(36(26,27)9)37-31(39)40-22(3)23-10-11-23/h21-24,26-28H,10-20H2,1-9H3,(H,37,39)/t22?,24-,26+,27+,28?,33+,34-,35-,36+/m1/s1. The molecule has 0 saturated heterocycles. The highest BCUT2D eigenvalue weighted by Gasteiger charge is 2.70. The van der Waals surface area contributed by atoms with Crippen LogP contribution in [0.1, 0.15) is 133 Å². The van der Waals surface area contributed by atoms with Crippen LogP contribution in [0.25, 0.3) is 0 Å². The summed E-state index contributed by atoms with van der Waals surface area (Å²) in [5.74, 6) is 2.93. The number of Topliss-reactive ketones (excluding diaryl/α,β-unsaturated/α-hetero) is 1. The average molecular weight is 552 g/mol. The van der Waals surface area contributed by atoms with Crippen LogP contribution in [0.3, 0.4) is 0 Å². The maximum atomic E-state index is 13.4. The third kappa shape index (κ3) is 3.88. The predicted octanol–water partition coefficient (Wildman–Crippen LogP) is 8.88. The number of nitrogens with one attached hydrogen (secondary N) is 1. The number of carbonyl (C=O) groups excluding carboxylic acids is 2. The summed E-state index contributed by atoms with van der Waals surface area (Å²) in [6.07, 6.45) is 12.3. The van der Waals surface area contributed by atoms with Gasteiger partial charge in [0.1, 0.15) is 6.10 Å². The summed E-state index contributed by atoms with van der Waals surface area (Å²) in [6.45, 7) is 21.7. The zero-order valence-electron chi connectivity index (χ0n) is 27.0. The van der Waals surface area contributed by atoms with Gasteiger partial charge in [-0.25, -0.2) is 4.79 Å². The molecular formula is C36H57NO3. The fraction of sp³-hybridized carbons (Fsp3) is 0.889. The highest BCUT2D eigenvalue weighted by Crippen LogP contribution is 2.76. The zero-order valence-corrected chi connectivity index (χ0v) is 27.0. The Morgan fingerprint density at radius 1 is 0.825 bits per heavy atom. The third-order valence-electron chi connectivity index (χ3n) is 14.6. The Morgan fingerprint density at radius 3 is 2.17 bits per heavy atom. The predicted molar refractivity (Wildman–Crippen MR) is 161 cm³/mol. The number of fused-ring (bicyclic) bond motifs is 7. The van der Waals surface area contributed by atoms with Crippen molar-refractivity contribution in [3.8, 4) is 0 Å². The van der Waals surface area contributed by atoms with Crippen molar-refractivity contribution in [3.05, 3.63) is 11.1 Å². The summed E-state index contributed by atoms with van der Waals surface area (Å²) in [5, 5.41) is 3.50. The molecule has 40 heavy (non-hydrogen) atoms. The van der Waals surface area contributed by atoms with E-state index in [-0.39, 0.29) is 45.3 Å². The van der Waals surface area contributed by atoms with E-state index in [4.69, 9.17) is 4.74 Å². The van der Waals surface area contributed by atoms with Gasteiger partial charge in [0.15, 0.2) is 5.78 Å². The quantitative estimate of drug-likeness (QED) is 0.379. The topological polar surface area (TPSA) is 55.4 Å². The van der Waals surface area contributed by atoms with E-state index in [0.717, 1.165) is 25.7 Å². The minimum absolute atomic E-state index is 0.0173. The van der Waals surface area contributed by atoms with Crippen molar-refractivity contribution >= 4 is 11.9 Å². The van der Waals surface area contributed by atoms with Crippen molar-refractivity contribution in [3.63, 3.8) is 0 Å². The molecule has 1 amide bonds. The van der Waals surface area contributed by atoms with E-state index in [9.17, 15) is 9.59 Å². The molecule has 0 bridgehead atoms. The molecule has 0 radical (unpaired) electrons. The second-order valence-corrected chi connectivity index (χ2v) is 17.3. The van der Waals surface area contributed by atoms with Gasteiger partial charge in [0.2, 0.25) is 0 Å². The second kappa shape index (κ2) is 9.09. The van der Waals surface area contributed by atoms with Gasteiger partial charge < -0.3 is 10.1 Å². The molecule has 9 atom stereocenters. The summed E-state index contributed by atoms with van der Waals surface area (Å²) in [7, 11) is 0. The number of allylic oxidation sites excluding steroid dienone is 2. The number of carbonyl (C=O) groups is 2. The average Bonchev–Trinajstić information content (AvgIpc) is 3.65. The van der Waals surface area contributed by atoms with Crippen molar-refractivity contribution in [1.29, 1.82) is 0 Å². The first-order valence-electron chi connectivity index (χ1n) is 16.8. The van der Waals surface area contributed by atoms with Crippen LogP contribution in [0.4, 0.5) is 4.79 Å². The molecule has 224 valence electrons. The molecule has 6 rings (SSSR count). The maximum Gasteiger partial charge on any atom is 0.407 e. The van der Waals surface area contributed by atoms with Crippen molar-refractivity contribution < 1.29 is 14.3 Å². The van der Waals surface area contributed by atoms with Gasteiger partial charge in [0, 0.05) is 12.5 Å². The highest BCUT2D eigenvalue weighted by molar-refractivity contribution is 6.00. The number of ether oxygens (including phenoxy) is 1. The van der Waals surface area contributed by atoms with Gasteiger partial charge in [-0.3, -0.25) is 4.79 Å². The maximum absolute atomic E-state index is 13.4. The minimum atomic E-state index is -0.194. The molecule has 2 unspecified atom stereocenters. The molecule has 5 fully saturated rings. The molecule has 5 saturated carbocycles. The SMILES string of the molecule is CC(C)C1=C2[C@H]3CC[C@@H]4[C@@]5(C)C(NC(=O)OC(C)C6CC6)CCC(C)(C)[C@@H]5CC[C@@]4(C)[C@]3(C)CC[C@@]2(C)CC1=O. The lowest BCUT2D eigenvalue weighted by Gasteiger charge is -2.72. The molecule has 0 aromatic heterocycles. The van der Waals surface area contributed by atoms with Crippen LogP contribution in [0.5, 0.6) is 0 Å². The van der Waals surface area contributed by atoms with Gasteiger partial charge in [-0.15, -0.1) is 0 Å². The van der Waals surface area contributed by atoms with Crippen molar-refractivity contribution in [2.75, 3.05) is 0 Å². The molecule has 0 aromatic rings. The number of rotatable bonds is 4. The molecule has 0 aliphatic heterocycles. The number of hydrogen-bond donors (Lipinski definition) is 1. The van der Waals surface area contributed by atoms with Crippen LogP contribution in [0.15, 0.2) is 11.1 Å². The summed E-state index contributed by atoms with van der Waals surface area (Å²) >= 11 is 0. The monoisotopic (exact) mass is 551 g/mol. The van der Waals surface area contributed by atoms with Crippen LogP contribution >= 0.6 is 0 Å². The van der Waals surface area contributed by atoms with Crippen LogP contribution < -0.4 is 5.32 Å². The first-order valence-corrected chi connectivity index (χ1v) is 16.8. The molecular weight excluding hydrogens is 494 g/mol. The van der Waals surface area contributed by atoms with Gasteiger partial charge >= 0.3 is 6.09 Å². The Bertz CT molecular complexity index is 1120. The number of amides is 1. The zero-order chi connectivity index (χ0) is 29.0. The van der Waals surface area contributed by atoms with E-state index in [1.165, 1.54) is 50.5 Å². The van der Waals surface area contributed by atoms with Crippen LogP contribution in [-0.2, 0) is 9.53 Å². The van der Waals surface area contributed by atoms with Crippen molar-refractivity contribution in [1.82, 2.24) is 5.32 Å². The lowest BCUT2D eigenvalue weighted by Crippen LogP contribution is -2.69. The molecule has 4 heteroatoms. The van der Waals surface area contributed by atoms with E-state index in [1.54, 1.807) is 5.57 Å². The number of ketones is 1. The lowest BCUT2D eigenvalue weighted by molar-refractivity contribution is -0.219. The van der Waals surface area contributed by atoms with E-state index in [1.807, 2.05) is 0 Å². The fourth-order valence-corrected chi connectivity index (χ4v) is 12.1. The lowest BCUT2D eigenvalue weighted by atomic mass is 9.32. The summed E-state index contributed by atoms with van der Waals surface area (Å²) in [4.78, 5) is 26.7. The minimum Gasteiger partial charge on any atom is -0.446 e. The number of hydrogen-bond acceptors (Lipinski definition) is 3. The Labute approximate surface area is 244 Å². The van der Waals surface area contributed by atoms with E-state index >= 15 is 0 Å². The molecule has 0 spiro atoms. The van der Waals surface area contributed by atoms with Gasteiger partial charge in [0.25, 0.3) is 0 Å². The summed E-state index contributed by atoms with van der Waals surface area (Å²) < 4.78 is 5.94. The van der Waals surface area contributed by atoms with Crippen LogP contribution in [0.2, 0.25) is 0 Å². The smallest absolute Gasteiger partial charge is 0.407 e. The Hall–Kier alpha value is -1.32. The van der Waals surface area contributed by atoms with Gasteiger partial charge in [-0.2, -0.15) is 0 Å². The molecule has 1 N–H and O–H groups in total. The summed E-state index contributed by atoms with van der Waals surface area (Å²) in [5.41, 5.74) is 3.47. The van der Waals surface area contributed by atoms with Crippen molar-refractivity contribution in [2.45, 2.75) is 145 Å². The van der Waals surface area contributed by atoms with E-state index in [0.29, 0.717) is 35.4 Å². The first kappa shape index (κ1) is 28.8. The van der Waals surface area contributed by atoms with E-state index in [2.05, 4.69) is 67.6 Å². The Kier molecular flexibility index (Phi) is 6.54. The van der Waals surface area contributed by atoms with Crippen LogP contribution in [0, 0.1) is 56.7 Å². The van der Waals surface area contributed by atoms with Gasteiger partial charge in [-0.05, 0) is 133 Å². The van der Waals surface area contributed by atoms with Gasteiger partial charge in [0.05, 0.1) is 0 Å². The summed E-state index contributed by atoms with van der Waals surface area (Å²) in [6, 6.07) is 0.154. The third-order valence-corrected chi connectivity index (χ3v) is 14.6. The molecule has 6 aliphatic carbocycles. The van der Waals surface area contributed by atoms with Crippen LogP contribution in [-0.4, -0.2) is 24.0 Å². The molecule has 0 heterocycles. The van der Waals surface area contributed by atoms with E-state index < -0.39 is 0 Å². The molecule has 4 nitrogen and oxygen atoms in total. The largest absolute Gasteiger partial charge is 0.446 e. The number of alkyl carbamates (subject to hydrolysis) is 1. The highest BCUT2D eigenvalue weighted by atomic mass is 16.6. The Balaban J connectivity index is 1.37. The normalized spacial score (nSPS) is 46.7. The molecule has 0 aromatic carbocycles. The second-order valence-electron chi connectivity index (χ2n) is 17.3.